The van der Waals surface area contributed by atoms with Gasteiger partial charge in [0.05, 0.1) is 23.7 Å². The lowest BCUT2D eigenvalue weighted by Crippen LogP contribution is -2.42. The first-order valence-electron chi connectivity index (χ1n) is 9.90. The monoisotopic (exact) mass is 594 g/mol. The van der Waals surface area contributed by atoms with Gasteiger partial charge in [0.2, 0.25) is 0 Å². The Morgan fingerprint density at radius 2 is 1.61 bits per heavy atom. The molecular formula is C24H17Cl2IN2O4. The molecule has 4 rings (SSSR count). The third-order valence-electron chi connectivity index (χ3n) is 5.38. The van der Waals surface area contributed by atoms with E-state index in [4.69, 9.17) is 23.2 Å². The van der Waals surface area contributed by atoms with E-state index in [0.29, 0.717) is 26.9 Å². The van der Waals surface area contributed by atoms with Gasteiger partial charge in [-0.15, -0.1) is 0 Å². The Kier molecular flexibility index (Phi) is 6.92. The number of aliphatic carboxylic acids is 1. The molecule has 0 saturated heterocycles. The van der Waals surface area contributed by atoms with Crippen LogP contribution in [0.15, 0.2) is 66.7 Å². The lowest BCUT2D eigenvalue weighted by molar-refractivity contribution is -0.139. The van der Waals surface area contributed by atoms with E-state index in [-0.39, 0.29) is 5.56 Å². The molecule has 168 valence electrons. The smallest absolute Gasteiger partial charge is 0.305 e. The quantitative estimate of drug-likeness (QED) is 0.357. The largest absolute Gasteiger partial charge is 0.481 e. The highest BCUT2D eigenvalue weighted by atomic mass is 127. The van der Waals surface area contributed by atoms with Crippen molar-refractivity contribution in [2.24, 2.45) is 0 Å². The summed E-state index contributed by atoms with van der Waals surface area (Å²) in [5, 5.41) is 13.5. The van der Waals surface area contributed by atoms with Gasteiger partial charge in [0.1, 0.15) is 6.04 Å². The number of hydrogen-bond acceptors (Lipinski definition) is 3. The molecule has 0 aliphatic carbocycles. The van der Waals surface area contributed by atoms with Crippen molar-refractivity contribution >= 4 is 69.3 Å². The number of carbonyl (C=O) groups is 3. The van der Waals surface area contributed by atoms with Crippen molar-refractivity contribution in [3.63, 3.8) is 0 Å². The van der Waals surface area contributed by atoms with E-state index in [1.807, 2.05) is 0 Å². The topological polar surface area (TPSA) is 86.7 Å². The fourth-order valence-electron chi connectivity index (χ4n) is 3.89. The summed E-state index contributed by atoms with van der Waals surface area (Å²) in [6, 6.07) is 16.3. The molecule has 0 saturated carbocycles. The zero-order valence-corrected chi connectivity index (χ0v) is 20.6. The molecule has 0 unspecified atom stereocenters. The number of carboxylic acid groups (broad SMARTS) is 1. The number of carboxylic acids is 1. The van der Waals surface area contributed by atoms with E-state index < -0.39 is 36.3 Å². The Bertz CT molecular complexity index is 1230. The Hall–Kier alpha value is -2.62. The zero-order valence-electron chi connectivity index (χ0n) is 17.0. The van der Waals surface area contributed by atoms with Crippen LogP contribution in [0.4, 0.5) is 5.69 Å². The molecular weight excluding hydrogens is 578 g/mol. The highest BCUT2D eigenvalue weighted by Crippen LogP contribution is 2.39. The molecule has 1 heterocycles. The van der Waals surface area contributed by atoms with Gasteiger partial charge in [-0.05, 0) is 76.2 Å². The molecule has 0 radical (unpaired) electrons. The van der Waals surface area contributed by atoms with E-state index in [1.165, 1.54) is 4.90 Å². The summed E-state index contributed by atoms with van der Waals surface area (Å²) in [6.07, 6.45) is -0.399. The summed E-state index contributed by atoms with van der Waals surface area (Å²) in [4.78, 5) is 40.6. The number of halogens is 3. The maximum atomic E-state index is 13.9. The number of carbonyl (C=O) groups excluding carboxylic acids is 2. The van der Waals surface area contributed by atoms with Gasteiger partial charge < -0.3 is 15.3 Å². The number of anilines is 1. The number of nitrogens with zero attached hydrogens (tertiary/aromatic N) is 1. The van der Waals surface area contributed by atoms with Gasteiger partial charge in [0.25, 0.3) is 11.8 Å². The number of fused-ring (bicyclic) bond motifs is 1. The van der Waals surface area contributed by atoms with E-state index in [9.17, 15) is 19.5 Å². The molecule has 3 aromatic carbocycles. The molecule has 0 fully saturated rings. The number of amides is 2. The third-order valence-corrected chi connectivity index (χ3v) is 6.55. The van der Waals surface area contributed by atoms with Gasteiger partial charge in [0.15, 0.2) is 0 Å². The van der Waals surface area contributed by atoms with Crippen LogP contribution in [0.3, 0.4) is 0 Å². The SMILES string of the molecule is O=C(O)C[C@H](c1ccc(Cl)cc1)N1C(=O)c2cc(I)ccc2NC(=O)[C@@H]1c1ccc(Cl)cc1. The minimum absolute atomic E-state index is 0.288. The highest BCUT2D eigenvalue weighted by Gasteiger charge is 2.41. The minimum atomic E-state index is -1.11. The van der Waals surface area contributed by atoms with Crippen LogP contribution in [0.25, 0.3) is 0 Å². The Morgan fingerprint density at radius 3 is 2.21 bits per heavy atom. The van der Waals surface area contributed by atoms with Gasteiger partial charge >= 0.3 is 5.97 Å². The Balaban J connectivity index is 1.94. The Morgan fingerprint density at radius 1 is 1.00 bits per heavy atom. The molecule has 2 N–H and O–H groups in total. The molecule has 1 aliphatic heterocycles. The number of rotatable bonds is 5. The summed E-state index contributed by atoms with van der Waals surface area (Å²) in [7, 11) is 0. The molecule has 0 spiro atoms. The van der Waals surface area contributed by atoms with Crippen molar-refractivity contribution in [1.29, 1.82) is 0 Å². The van der Waals surface area contributed by atoms with Crippen LogP contribution in [-0.2, 0) is 9.59 Å². The van der Waals surface area contributed by atoms with E-state index in [1.54, 1.807) is 66.7 Å². The summed E-state index contributed by atoms with van der Waals surface area (Å²) >= 11 is 14.2. The van der Waals surface area contributed by atoms with Crippen LogP contribution >= 0.6 is 45.8 Å². The average molecular weight is 595 g/mol. The van der Waals surface area contributed by atoms with Crippen LogP contribution in [0.5, 0.6) is 0 Å². The van der Waals surface area contributed by atoms with Gasteiger partial charge in [-0.1, -0.05) is 47.5 Å². The van der Waals surface area contributed by atoms with Crippen LogP contribution < -0.4 is 5.32 Å². The number of benzene rings is 3. The second kappa shape index (κ2) is 9.70. The van der Waals surface area contributed by atoms with Crippen molar-refractivity contribution < 1.29 is 19.5 Å². The van der Waals surface area contributed by atoms with Crippen molar-refractivity contribution in [2.75, 3.05) is 5.32 Å². The molecule has 33 heavy (non-hydrogen) atoms. The fourth-order valence-corrected chi connectivity index (χ4v) is 4.64. The first kappa shape index (κ1) is 23.5. The second-order valence-electron chi connectivity index (χ2n) is 7.51. The normalized spacial score (nSPS) is 16.6. The van der Waals surface area contributed by atoms with Gasteiger partial charge in [-0.2, -0.15) is 0 Å². The molecule has 1 aliphatic rings. The molecule has 3 aromatic rings. The lowest BCUT2D eigenvalue weighted by Gasteiger charge is -2.36. The fraction of sp³-hybridized carbons (Fsp3) is 0.125. The van der Waals surface area contributed by atoms with Crippen LogP contribution in [0, 0.1) is 3.57 Å². The van der Waals surface area contributed by atoms with Crippen LogP contribution in [0.1, 0.15) is 40.0 Å². The van der Waals surface area contributed by atoms with E-state index in [0.717, 1.165) is 3.57 Å². The lowest BCUT2D eigenvalue weighted by atomic mass is 9.96. The second-order valence-corrected chi connectivity index (χ2v) is 9.63. The van der Waals surface area contributed by atoms with Crippen LogP contribution in [0.2, 0.25) is 10.0 Å². The maximum absolute atomic E-state index is 13.9. The standard InChI is InChI=1S/C24H17Cl2IN2O4/c25-15-5-1-13(2-6-15)20(12-21(30)31)29-22(14-3-7-16(26)8-4-14)23(32)28-19-10-9-17(27)11-18(19)24(29)33/h1-11,20,22H,12H2,(H,28,32)(H,30,31)/t20-,22+/m1/s1. The van der Waals surface area contributed by atoms with E-state index in [2.05, 4.69) is 27.9 Å². The molecule has 6 nitrogen and oxygen atoms in total. The van der Waals surface area contributed by atoms with Crippen molar-refractivity contribution in [1.82, 2.24) is 4.90 Å². The first-order chi connectivity index (χ1) is 15.7. The number of hydrogen-bond donors (Lipinski definition) is 2. The Labute approximate surface area is 213 Å². The maximum Gasteiger partial charge on any atom is 0.305 e. The van der Waals surface area contributed by atoms with Crippen molar-refractivity contribution in [3.8, 4) is 0 Å². The van der Waals surface area contributed by atoms with Crippen molar-refractivity contribution in [3.05, 3.63) is 97.0 Å². The first-order valence-corrected chi connectivity index (χ1v) is 11.7. The predicted octanol–water partition coefficient (Wildman–Crippen LogP) is 5.95. The summed E-state index contributed by atoms with van der Waals surface area (Å²) in [5.41, 5.74) is 1.72. The average Bonchev–Trinajstić information content (AvgIpc) is 2.88. The molecule has 2 atom stereocenters. The highest BCUT2D eigenvalue weighted by molar-refractivity contribution is 14.1. The minimum Gasteiger partial charge on any atom is -0.481 e. The van der Waals surface area contributed by atoms with Gasteiger partial charge in [0, 0.05) is 13.6 Å². The van der Waals surface area contributed by atoms with Crippen LogP contribution in [-0.4, -0.2) is 27.8 Å². The summed E-state index contributed by atoms with van der Waals surface area (Å²) < 4.78 is 0.806. The molecule has 0 bridgehead atoms. The van der Waals surface area contributed by atoms with Gasteiger partial charge in [-0.25, -0.2) is 0 Å². The third kappa shape index (κ3) is 5.00. The zero-order chi connectivity index (χ0) is 23.7. The van der Waals surface area contributed by atoms with E-state index >= 15 is 0 Å². The molecule has 2 amide bonds. The molecule has 9 heteroatoms. The predicted molar refractivity (Wildman–Crippen MR) is 135 cm³/mol. The summed E-state index contributed by atoms with van der Waals surface area (Å²) in [6.45, 7) is 0. The van der Waals surface area contributed by atoms with Crippen molar-refractivity contribution in [2.45, 2.75) is 18.5 Å². The van der Waals surface area contributed by atoms with Gasteiger partial charge in [-0.3, -0.25) is 14.4 Å². The summed E-state index contributed by atoms with van der Waals surface area (Å²) in [5.74, 6) is -2.01. The molecule has 0 aromatic heterocycles. The number of nitrogens with one attached hydrogen (secondary N) is 1.